The van der Waals surface area contributed by atoms with Gasteiger partial charge in [0.05, 0.1) is 28.3 Å². The average molecular weight is 965 g/mol. The topological polar surface area (TPSA) is 473 Å². The van der Waals surface area contributed by atoms with Crippen molar-refractivity contribution in [3.63, 3.8) is 0 Å². The molecule has 0 unspecified atom stereocenters. The molecule has 0 aliphatic heterocycles. The van der Waals surface area contributed by atoms with Crippen molar-refractivity contribution in [2.24, 2.45) is 20.5 Å². The largest absolute Gasteiger partial charge is 0.473 e. The Labute approximate surface area is 346 Å². The average Bonchev–Trinajstić information content (AvgIpc) is 3.09. The first-order valence-corrected chi connectivity index (χ1v) is 20.7. The lowest BCUT2D eigenvalue weighted by Crippen LogP contribution is -2.05. The van der Waals surface area contributed by atoms with Crippen molar-refractivity contribution in [2.75, 3.05) is 16.8 Å². The molecule has 318 valence electrons. The fourth-order valence-corrected chi connectivity index (χ4v) is 6.75. The highest BCUT2D eigenvalue weighted by Gasteiger charge is 2.23. The second kappa shape index (κ2) is 21.3. The summed E-state index contributed by atoms with van der Waals surface area (Å²) in [4.78, 5) is 24.7. The summed E-state index contributed by atoms with van der Waals surface area (Å²) in [5, 5.41) is 39.7. The zero-order valence-corrected chi connectivity index (χ0v) is 33.5. The Hall–Kier alpha value is -5.07. The van der Waals surface area contributed by atoms with E-state index in [9.17, 15) is 39.2 Å². The van der Waals surface area contributed by atoms with E-state index in [4.69, 9.17) is 38.0 Å². The maximum Gasteiger partial charge on any atom is 0.433 e. The molecule has 35 heteroatoms. The monoisotopic (exact) mass is 964 g/mol. The first-order chi connectivity index (χ1) is 26.6. The molecule has 0 atom stereocenters. The van der Waals surface area contributed by atoms with Gasteiger partial charge in [-0.3, -0.25) is 18.5 Å². The van der Waals surface area contributed by atoms with Gasteiger partial charge in [-0.05, 0) is 70.2 Å². The van der Waals surface area contributed by atoms with E-state index in [0.29, 0.717) is 29.9 Å². The van der Waals surface area contributed by atoms with Crippen molar-refractivity contribution in [1.29, 1.82) is 0 Å². The van der Waals surface area contributed by atoms with Crippen LogP contribution in [0.3, 0.4) is 0 Å². The summed E-state index contributed by atoms with van der Waals surface area (Å²) in [7, 11) is -15.2. The van der Waals surface area contributed by atoms with Gasteiger partial charge in [-0.1, -0.05) is 5.04 Å². The molecule has 0 aliphatic rings. The zero-order chi connectivity index (χ0) is 42.1. The number of rotatable bonds is 15. The van der Waals surface area contributed by atoms with E-state index in [-0.39, 0.29) is 60.3 Å². The lowest BCUT2D eigenvalue weighted by atomic mass is 10.2. The summed E-state index contributed by atoms with van der Waals surface area (Å²) in [6, 6.07) is 7.74. The molecule has 3 aromatic carbocycles. The van der Waals surface area contributed by atoms with Gasteiger partial charge < -0.3 is 32.8 Å². The summed E-state index contributed by atoms with van der Waals surface area (Å²) >= 11 is 7.07. The molecule has 0 fully saturated rings. The van der Waals surface area contributed by atoms with Crippen LogP contribution >= 0.6 is 47.2 Å². The number of hydrogen-bond donors (Lipinski definition) is 8. The normalized spacial score (nSPS) is 11.7. The van der Waals surface area contributed by atoms with Crippen LogP contribution in [0.5, 0.6) is 0 Å². The first kappa shape index (κ1) is 50.1. The molecule has 0 saturated heterocycles. The number of carboxylic acid groups (broad SMARTS) is 1. The van der Waals surface area contributed by atoms with E-state index >= 15 is 0 Å². The second-order valence-electron chi connectivity index (χ2n) is 9.55. The predicted molar refractivity (Wildman–Crippen MR) is 203 cm³/mol. The van der Waals surface area contributed by atoms with Gasteiger partial charge in [-0.15, -0.1) is 24.8 Å². The second-order valence-corrected chi connectivity index (χ2v) is 16.2. The van der Waals surface area contributed by atoms with Gasteiger partial charge in [0.2, 0.25) is 16.4 Å². The maximum absolute atomic E-state index is 12.3. The minimum atomic E-state index is -5.14. The van der Waals surface area contributed by atoms with Crippen molar-refractivity contribution >= 4 is 129 Å². The van der Waals surface area contributed by atoms with Crippen molar-refractivity contribution in [3.05, 3.63) is 47.7 Å². The number of aromatic nitrogens is 3. The Kier molecular flexibility index (Phi) is 18.0. The lowest BCUT2D eigenvalue weighted by Gasteiger charge is -2.11. The molecule has 0 bridgehead atoms. The Balaban J connectivity index is 0.00000600. The summed E-state index contributed by atoms with van der Waals surface area (Å²) in [6.07, 6.45) is 1.73. The van der Waals surface area contributed by atoms with E-state index < -0.39 is 74.2 Å². The van der Waals surface area contributed by atoms with Gasteiger partial charge in [-0.25, -0.2) is 10.1 Å². The molecule has 0 saturated carbocycles. The molecule has 1 heterocycles. The number of halogens is 1. The number of azo groups is 2. The fraction of sp³-hybridized carbons (Fsp3) is 0. The lowest BCUT2D eigenvalue weighted by molar-refractivity contribution is -0.432. The van der Waals surface area contributed by atoms with Gasteiger partial charge in [0.25, 0.3) is 20.2 Å². The quantitative estimate of drug-likeness (QED) is 0.0122. The number of benzene rings is 3. The summed E-state index contributed by atoms with van der Waals surface area (Å²) in [6.45, 7) is 0. The minimum absolute atomic E-state index is 0. The van der Waals surface area contributed by atoms with Crippen LogP contribution in [0, 0.1) is 11.4 Å². The van der Waals surface area contributed by atoms with E-state index in [0.717, 1.165) is 12.1 Å². The van der Waals surface area contributed by atoms with Crippen molar-refractivity contribution in [1.82, 2.24) is 15.0 Å². The molecule has 0 aliphatic carbocycles. The number of hydrogen-bond acceptors (Lipinski definition) is 25. The third-order valence-electron chi connectivity index (χ3n) is 5.84. The van der Waals surface area contributed by atoms with Gasteiger partial charge >= 0.3 is 15.7 Å². The SMILES string of the molecule is Nc1c(N=Nc2ccc(SC#COOS(=O)(=O)O)cc2S(=O)(=O)O)cc(S(=O)(=O)O)c(N)c1N=Nc1cc(Nc2nc(Cl)nc(SC(=O)O)n2)ccc1SOOO.O.O. The van der Waals surface area contributed by atoms with Crippen LogP contribution in [0.1, 0.15) is 0 Å². The standard InChI is InChI=1S/C24H17ClN10O16S6.2H2O/c25-21-29-22(31-23(30-21)53-24(36)37)28-10-1-4-15(54-50-49-38)13(7-10)33-35-20-18(26)14(9-17(19(20)27)56(42,43)44)34-32-12-3-2-11(8-16(12)55(39,40)41)52-6-5-48-51-57(45,46)47;;/h1-4,7-9,38H,26-27H2,(H,36,37)(H,39,40,41)(H,42,43,44)(H,45,46,47)(H,28,29,30,31);2*1H2. The third kappa shape index (κ3) is 14.9. The van der Waals surface area contributed by atoms with E-state index in [1.165, 1.54) is 24.3 Å². The van der Waals surface area contributed by atoms with Crippen LogP contribution in [0.15, 0.2) is 87.7 Å². The molecule has 4 aromatic rings. The Morgan fingerprint density at radius 1 is 0.831 bits per heavy atom. The highest BCUT2D eigenvalue weighted by molar-refractivity contribution is 8.13. The Morgan fingerprint density at radius 2 is 1.49 bits per heavy atom. The molecule has 14 N–H and O–H groups in total. The first-order valence-electron chi connectivity index (χ1n) is 13.7. The van der Waals surface area contributed by atoms with Gasteiger partial charge in [0, 0.05) is 27.6 Å². The zero-order valence-electron chi connectivity index (χ0n) is 27.9. The van der Waals surface area contributed by atoms with Gasteiger partial charge in [0.15, 0.2) is 6.11 Å². The van der Waals surface area contributed by atoms with Crippen molar-refractivity contribution in [2.45, 2.75) is 24.7 Å². The van der Waals surface area contributed by atoms with Gasteiger partial charge in [0.1, 0.15) is 32.5 Å². The van der Waals surface area contributed by atoms with Gasteiger partial charge in [-0.2, -0.15) is 40.2 Å². The summed E-state index contributed by atoms with van der Waals surface area (Å²) < 4.78 is 106. The summed E-state index contributed by atoms with van der Waals surface area (Å²) in [5.74, 6) is -0.209. The highest BCUT2D eigenvalue weighted by Crippen LogP contribution is 2.44. The number of nitrogens with one attached hydrogen (secondary N) is 1. The Bertz CT molecular complexity index is 2680. The van der Waals surface area contributed by atoms with Crippen LogP contribution in [0.2, 0.25) is 5.28 Å². The molecule has 0 radical (unpaired) electrons. The van der Waals surface area contributed by atoms with Crippen LogP contribution in [0.25, 0.3) is 0 Å². The fourth-order valence-electron chi connectivity index (χ4n) is 3.72. The smallest absolute Gasteiger partial charge is 0.433 e. The van der Waals surface area contributed by atoms with Crippen LogP contribution in [0.4, 0.5) is 50.6 Å². The molecule has 4 rings (SSSR count). The molecule has 59 heavy (non-hydrogen) atoms. The Morgan fingerprint density at radius 3 is 2.12 bits per heavy atom. The van der Waals surface area contributed by atoms with E-state index in [1.54, 1.807) is 6.11 Å². The maximum atomic E-state index is 12.3. The number of nitrogen functional groups attached to an aromatic ring is 2. The van der Waals surface area contributed by atoms with E-state index in [2.05, 4.69) is 64.6 Å². The number of nitrogens with zero attached hydrogens (tertiary/aromatic N) is 7. The number of anilines is 4. The van der Waals surface area contributed by atoms with Crippen LogP contribution in [-0.2, 0) is 49.2 Å². The number of nitrogens with two attached hydrogens (primary N) is 2. The highest BCUT2D eigenvalue weighted by atomic mass is 35.5. The predicted octanol–water partition coefficient (Wildman–Crippen LogP) is 4.07. The number of thioether (sulfide) groups is 2. The molecule has 1 aromatic heterocycles. The van der Waals surface area contributed by atoms with Crippen molar-refractivity contribution < 1.29 is 83.6 Å². The van der Waals surface area contributed by atoms with Crippen molar-refractivity contribution in [3.8, 4) is 11.4 Å². The molecule has 0 spiro atoms. The number of carbonyl (C=O) groups is 1. The molecule has 0 amide bonds. The van der Waals surface area contributed by atoms with Crippen LogP contribution in [-0.4, -0.2) is 80.5 Å². The summed E-state index contributed by atoms with van der Waals surface area (Å²) in [5.41, 5.74) is 9.20. The minimum Gasteiger partial charge on any atom is -0.473 e. The third-order valence-corrected chi connectivity index (χ3v) is 9.89. The molecular formula is C24H21ClN10O18S6. The molecular weight excluding hydrogens is 944 g/mol. The molecule has 28 nitrogen and oxygen atoms in total. The van der Waals surface area contributed by atoms with Crippen LogP contribution < -0.4 is 16.8 Å². The van der Waals surface area contributed by atoms with E-state index in [1.807, 2.05) is 0 Å².